The van der Waals surface area contributed by atoms with Crippen LogP contribution in [0.4, 0.5) is 11.8 Å². The number of anilines is 2. The molecule has 0 saturated heterocycles. The van der Waals surface area contributed by atoms with E-state index in [9.17, 15) is 0 Å². The zero-order valence-corrected chi connectivity index (χ0v) is 13.9. The molecular weight excluding hydrogens is 320 g/mol. The average Bonchev–Trinajstić information content (AvgIpc) is 2.59. The van der Waals surface area contributed by atoms with Crippen molar-refractivity contribution in [2.45, 2.75) is 12.3 Å². The zero-order chi connectivity index (χ0) is 16.8. The molecule has 0 bridgehead atoms. The van der Waals surface area contributed by atoms with Crippen molar-refractivity contribution in [2.75, 3.05) is 17.6 Å². The van der Waals surface area contributed by atoms with Crippen LogP contribution in [0, 0.1) is 0 Å². The van der Waals surface area contributed by atoms with Crippen LogP contribution in [-0.4, -0.2) is 16.5 Å². The average molecular weight is 339 g/mol. The van der Waals surface area contributed by atoms with Crippen molar-refractivity contribution in [3.63, 3.8) is 0 Å². The largest absolute Gasteiger partial charge is 0.370 e. The summed E-state index contributed by atoms with van der Waals surface area (Å²) in [4.78, 5) is 8.01. The first-order valence-corrected chi connectivity index (χ1v) is 8.24. The van der Waals surface area contributed by atoms with Gasteiger partial charge in [-0.3, -0.25) is 0 Å². The highest BCUT2D eigenvalue weighted by Crippen LogP contribution is 2.27. The summed E-state index contributed by atoms with van der Waals surface area (Å²) in [6.45, 7) is 0.751. The number of aromatic nitrogens is 2. The lowest BCUT2D eigenvalue weighted by molar-refractivity contribution is 0.743. The van der Waals surface area contributed by atoms with Crippen molar-refractivity contribution < 1.29 is 0 Å². The first kappa shape index (κ1) is 16.3. The van der Waals surface area contributed by atoms with Gasteiger partial charge in [0.2, 0.25) is 5.95 Å². The summed E-state index contributed by atoms with van der Waals surface area (Å²) in [5.41, 5.74) is 8.22. The van der Waals surface area contributed by atoms with Gasteiger partial charge in [0.25, 0.3) is 0 Å². The van der Waals surface area contributed by atoms with Crippen molar-refractivity contribution in [1.82, 2.24) is 9.97 Å². The molecule has 0 aliphatic carbocycles. The number of hydrogen-bond acceptors (Lipinski definition) is 4. The molecule has 122 valence electrons. The van der Waals surface area contributed by atoms with Crippen molar-refractivity contribution in [2.24, 2.45) is 0 Å². The maximum atomic E-state index is 5.91. The smallest absolute Gasteiger partial charge is 0.223 e. The topological polar surface area (TPSA) is 63.8 Å². The summed E-state index contributed by atoms with van der Waals surface area (Å²) in [6.07, 6.45) is 0.926. The summed E-state index contributed by atoms with van der Waals surface area (Å²) in [7, 11) is 0. The number of nitrogens with two attached hydrogens (primary N) is 1. The minimum atomic E-state index is 0.174. The van der Waals surface area contributed by atoms with Crippen LogP contribution < -0.4 is 11.1 Å². The summed E-state index contributed by atoms with van der Waals surface area (Å²) in [5, 5.41) is 3.62. The fourth-order valence-electron chi connectivity index (χ4n) is 2.77. The first-order valence-electron chi connectivity index (χ1n) is 7.86. The number of benzene rings is 2. The second-order valence-corrected chi connectivity index (χ2v) is 5.91. The highest BCUT2D eigenvalue weighted by Gasteiger charge is 2.13. The number of nitrogens with one attached hydrogen (secondary N) is 1. The van der Waals surface area contributed by atoms with Gasteiger partial charge in [0.15, 0.2) is 0 Å². The minimum absolute atomic E-state index is 0.174. The highest BCUT2D eigenvalue weighted by atomic mass is 35.5. The molecule has 0 unspecified atom stereocenters. The van der Waals surface area contributed by atoms with E-state index in [1.54, 1.807) is 6.07 Å². The third-order valence-electron chi connectivity index (χ3n) is 3.86. The molecule has 2 aromatic carbocycles. The van der Waals surface area contributed by atoms with Gasteiger partial charge in [0, 0.05) is 18.5 Å². The van der Waals surface area contributed by atoms with Crippen LogP contribution >= 0.6 is 11.6 Å². The maximum absolute atomic E-state index is 5.91. The van der Waals surface area contributed by atoms with Gasteiger partial charge in [-0.25, -0.2) is 4.98 Å². The second kappa shape index (κ2) is 7.79. The molecule has 0 spiro atoms. The van der Waals surface area contributed by atoms with Gasteiger partial charge in [-0.2, -0.15) is 4.98 Å². The van der Waals surface area contributed by atoms with Gasteiger partial charge in [-0.15, -0.1) is 0 Å². The van der Waals surface area contributed by atoms with Gasteiger partial charge in [-0.1, -0.05) is 72.3 Å². The molecule has 0 aliphatic heterocycles. The van der Waals surface area contributed by atoms with Gasteiger partial charge >= 0.3 is 0 Å². The quantitative estimate of drug-likeness (QED) is 0.656. The number of nitrogens with zero attached hydrogens (tertiary/aromatic N) is 2. The van der Waals surface area contributed by atoms with Crippen LogP contribution in [0.3, 0.4) is 0 Å². The molecule has 3 rings (SSSR count). The van der Waals surface area contributed by atoms with Crippen molar-refractivity contribution >= 4 is 23.4 Å². The Bertz CT molecular complexity index is 718. The van der Waals surface area contributed by atoms with Crippen molar-refractivity contribution in [3.8, 4) is 0 Å². The van der Waals surface area contributed by atoms with E-state index in [0.29, 0.717) is 16.9 Å². The molecule has 0 radical (unpaired) electrons. The predicted octanol–water partition coefficient (Wildman–Crippen LogP) is 4.35. The zero-order valence-electron chi connectivity index (χ0n) is 13.2. The summed E-state index contributed by atoms with van der Waals surface area (Å²) in [5.74, 6) is 1.13. The van der Waals surface area contributed by atoms with E-state index in [-0.39, 0.29) is 5.95 Å². The Labute approximate surface area is 146 Å². The number of hydrogen-bond donors (Lipinski definition) is 2. The molecule has 3 N–H and O–H groups in total. The molecule has 3 aromatic rings. The Hall–Kier alpha value is -2.59. The lowest BCUT2D eigenvalue weighted by Gasteiger charge is -2.18. The maximum Gasteiger partial charge on any atom is 0.223 e. The minimum Gasteiger partial charge on any atom is -0.370 e. The second-order valence-electron chi connectivity index (χ2n) is 5.52. The van der Waals surface area contributed by atoms with Crippen LogP contribution in [0.2, 0.25) is 5.15 Å². The molecule has 0 atom stereocenters. The molecular formula is C19H19ClN4. The lowest BCUT2D eigenvalue weighted by atomic mass is 9.88. The number of halogens is 1. The van der Waals surface area contributed by atoms with Gasteiger partial charge in [0.1, 0.15) is 11.0 Å². The van der Waals surface area contributed by atoms with Crippen LogP contribution in [0.5, 0.6) is 0 Å². The lowest BCUT2D eigenvalue weighted by Crippen LogP contribution is -2.11. The Kier molecular flexibility index (Phi) is 5.29. The first-order chi connectivity index (χ1) is 11.7. The Morgan fingerprint density at radius 1 is 0.917 bits per heavy atom. The molecule has 1 aromatic heterocycles. The SMILES string of the molecule is Nc1nc(Cl)cc(NCCC(c2ccccc2)c2ccccc2)n1. The van der Waals surface area contributed by atoms with E-state index in [0.717, 1.165) is 13.0 Å². The molecule has 0 saturated carbocycles. The Morgan fingerprint density at radius 2 is 1.50 bits per heavy atom. The van der Waals surface area contributed by atoms with E-state index < -0.39 is 0 Å². The Balaban J connectivity index is 1.73. The van der Waals surface area contributed by atoms with Crippen LogP contribution in [0.15, 0.2) is 66.7 Å². The van der Waals surface area contributed by atoms with E-state index in [1.807, 2.05) is 12.1 Å². The van der Waals surface area contributed by atoms with Gasteiger partial charge in [-0.05, 0) is 17.5 Å². The summed E-state index contributed by atoms with van der Waals surface area (Å²) >= 11 is 5.91. The van der Waals surface area contributed by atoms with Crippen molar-refractivity contribution in [1.29, 1.82) is 0 Å². The molecule has 24 heavy (non-hydrogen) atoms. The Morgan fingerprint density at radius 3 is 2.04 bits per heavy atom. The van der Waals surface area contributed by atoms with Crippen molar-refractivity contribution in [3.05, 3.63) is 83.0 Å². The summed E-state index contributed by atoms with van der Waals surface area (Å²) < 4.78 is 0. The van der Waals surface area contributed by atoms with Crippen LogP contribution in [-0.2, 0) is 0 Å². The van der Waals surface area contributed by atoms with Gasteiger partial charge in [0.05, 0.1) is 0 Å². The number of rotatable bonds is 6. The summed E-state index contributed by atoms with van der Waals surface area (Å²) in [6, 6.07) is 22.7. The molecule has 4 nitrogen and oxygen atoms in total. The number of nitrogen functional groups attached to an aromatic ring is 1. The van der Waals surface area contributed by atoms with E-state index >= 15 is 0 Å². The third kappa shape index (κ3) is 4.24. The van der Waals surface area contributed by atoms with Crippen LogP contribution in [0.25, 0.3) is 0 Å². The standard InChI is InChI=1S/C19H19ClN4/c20-17-13-18(24-19(21)23-17)22-12-11-16(14-7-3-1-4-8-14)15-9-5-2-6-10-15/h1-10,13,16H,11-12H2,(H3,21,22,23,24). The normalized spacial score (nSPS) is 10.8. The highest BCUT2D eigenvalue weighted by molar-refractivity contribution is 6.29. The predicted molar refractivity (Wildman–Crippen MR) is 99.3 cm³/mol. The fraction of sp³-hybridized carbons (Fsp3) is 0.158. The third-order valence-corrected chi connectivity index (χ3v) is 4.05. The molecule has 0 amide bonds. The van der Waals surface area contributed by atoms with E-state index in [1.165, 1.54) is 11.1 Å². The fourth-order valence-corrected chi connectivity index (χ4v) is 2.96. The molecule has 0 aliphatic rings. The van der Waals surface area contributed by atoms with Gasteiger partial charge < -0.3 is 11.1 Å². The molecule has 1 heterocycles. The van der Waals surface area contributed by atoms with E-state index in [4.69, 9.17) is 17.3 Å². The van der Waals surface area contributed by atoms with Crippen LogP contribution in [0.1, 0.15) is 23.5 Å². The molecule has 0 fully saturated rings. The monoisotopic (exact) mass is 338 g/mol. The molecule has 5 heteroatoms. The van der Waals surface area contributed by atoms with E-state index in [2.05, 4.69) is 63.8 Å².